The third-order valence-corrected chi connectivity index (χ3v) is 1.74. The fraction of sp³-hybridized carbons (Fsp3) is 0.400. The number of nitrogen functional groups attached to an aromatic ring is 1. The van der Waals surface area contributed by atoms with E-state index in [1.54, 1.807) is 6.92 Å². The molecule has 7 heteroatoms. The molecule has 0 fully saturated rings. The molecule has 1 aromatic heterocycles. The first-order valence-corrected chi connectivity index (χ1v) is 4.03. The first kappa shape index (κ1) is 8.88. The molecule has 66 valence electrons. The van der Waals surface area contributed by atoms with Gasteiger partial charge in [0.25, 0.3) is 0 Å². The number of nitrogens with one attached hydrogen (secondary N) is 1. The van der Waals surface area contributed by atoms with Crippen LogP contribution in [-0.4, -0.2) is 22.2 Å². The summed E-state index contributed by atoms with van der Waals surface area (Å²) in [5.74, 6) is 4.59. The second kappa shape index (κ2) is 3.98. The predicted octanol–water partition coefficient (Wildman–Crippen LogP) is 0.000400. The highest BCUT2D eigenvalue weighted by atomic mass is 32.1. The first-order chi connectivity index (χ1) is 5.79. The number of aromatic nitrogens is 2. The maximum absolute atomic E-state index is 11.1. The maximum atomic E-state index is 11.1. The number of hydrazine groups is 1. The molecule has 12 heavy (non-hydrogen) atoms. The Kier molecular flexibility index (Phi) is 2.94. The Bertz CT molecular complexity index is 274. The molecule has 0 unspecified atom stereocenters. The van der Waals surface area contributed by atoms with E-state index < -0.39 is 5.97 Å². The number of carbonyl (C=O) groups excluding carboxylic acids is 1. The number of nitrogens with zero attached hydrogens (tertiary/aromatic N) is 2. The minimum Gasteiger partial charge on any atom is -0.461 e. The second-order valence-electron chi connectivity index (χ2n) is 1.82. The third-order valence-electron chi connectivity index (χ3n) is 1.09. The zero-order valence-corrected chi connectivity index (χ0v) is 7.22. The molecule has 0 aromatic carbocycles. The molecule has 0 atom stereocenters. The topological polar surface area (TPSA) is 90.1 Å². The zero-order chi connectivity index (χ0) is 8.97. The highest BCUT2D eigenvalue weighted by Crippen LogP contribution is 2.16. The van der Waals surface area contributed by atoms with Crippen LogP contribution in [0.25, 0.3) is 0 Å². The molecular weight excluding hydrogens is 180 g/mol. The predicted molar refractivity (Wildman–Crippen MR) is 43.7 cm³/mol. The second-order valence-corrected chi connectivity index (χ2v) is 2.57. The van der Waals surface area contributed by atoms with Gasteiger partial charge < -0.3 is 10.2 Å². The van der Waals surface area contributed by atoms with E-state index in [2.05, 4.69) is 15.0 Å². The summed E-state index contributed by atoms with van der Waals surface area (Å²) >= 11 is 1.01. The van der Waals surface area contributed by atoms with Gasteiger partial charge in [-0.3, -0.25) is 0 Å². The molecule has 1 aromatic rings. The third kappa shape index (κ3) is 1.69. The van der Waals surface area contributed by atoms with Crippen molar-refractivity contribution >= 4 is 22.5 Å². The molecule has 0 saturated heterocycles. The zero-order valence-electron chi connectivity index (χ0n) is 6.40. The summed E-state index contributed by atoms with van der Waals surface area (Å²) in [5, 5.41) is 3.97. The molecule has 1 heterocycles. The molecule has 1 rings (SSSR count). The van der Waals surface area contributed by atoms with Gasteiger partial charge in [0.15, 0.2) is 5.00 Å². The molecule has 0 amide bonds. The van der Waals surface area contributed by atoms with Crippen LogP contribution in [0.3, 0.4) is 0 Å². The van der Waals surface area contributed by atoms with Crippen LogP contribution in [0.15, 0.2) is 0 Å². The number of anilines is 1. The van der Waals surface area contributed by atoms with Crippen LogP contribution in [0.5, 0.6) is 0 Å². The molecule has 0 saturated carbocycles. The first-order valence-electron chi connectivity index (χ1n) is 3.25. The highest BCUT2D eigenvalue weighted by molar-refractivity contribution is 7.10. The van der Waals surface area contributed by atoms with Gasteiger partial charge >= 0.3 is 5.97 Å². The SMILES string of the molecule is CCOC(=O)c1nnsc1NN. The van der Waals surface area contributed by atoms with Crippen molar-refractivity contribution in [2.75, 3.05) is 12.0 Å². The molecule has 0 spiro atoms. The lowest BCUT2D eigenvalue weighted by Crippen LogP contribution is -2.12. The average Bonchev–Trinajstić information content (AvgIpc) is 2.51. The van der Waals surface area contributed by atoms with Gasteiger partial charge in [-0.05, 0) is 6.92 Å². The van der Waals surface area contributed by atoms with Crippen LogP contribution < -0.4 is 11.3 Å². The lowest BCUT2D eigenvalue weighted by atomic mass is 10.5. The van der Waals surface area contributed by atoms with E-state index in [1.807, 2.05) is 0 Å². The highest BCUT2D eigenvalue weighted by Gasteiger charge is 2.16. The standard InChI is InChI=1S/C5H8N4O2S/c1-2-11-5(10)3-4(7-6)12-9-8-3/h7H,2,6H2,1H3. The van der Waals surface area contributed by atoms with Gasteiger partial charge in [0.1, 0.15) is 0 Å². The van der Waals surface area contributed by atoms with E-state index in [0.29, 0.717) is 11.6 Å². The quantitative estimate of drug-likeness (QED) is 0.394. The van der Waals surface area contributed by atoms with Crippen molar-refractivity contribution in [2.45, 2.75) is 6.92 Å². The Labute approximate surface area is 72.9 Å². The fourth-order valence-corrected chi connectivity index (χ4v) is 1.09. The fourth-order valence-electron chi connectivity index (χ4n) is 0.618. The molecule has 0 aliphatic carbocycles. The van der Waals surface area contributed by atoms with E-state index in [0.717, 1.165) is 11.5 Å². The minimum atomic E-state index is -0.515. The number of esters is 1. The molecule has 0 aliphatic heterocycles. The monoisotopic (exact) mass is 188 g/mol. The smallest absolute Gasteiger partial charge is 0.362 e. The Balaban J connectivity index is 2.79. The van der Waals surface area contributed by atoms with Crippen molar-refractivity contribution in [3.05, 3.63) is 5.69 Å². The van der Waals surface area contributed by atoms with Crippen molar-refractivity contribution in [1.82, 2.24) is 9.59 Å². The largest absolute Gasteiger partial charge is 0.461 e. The summed E-state index contributed by atoms with van der Waals surface area (Å²) in [6.07, 6.45) is 0. The van der Waals surface area contributed by atoms with Gasteiger partial charge in [-0.2, -0.15) is 0 Å². The van der Waals surface area contributed by atoms with Crippen LogP contribution in [0.1, 0.15) is 17.4 Å². The van der Waals surface area contributed by atoms with E-state index in [-0.39, 0.29) is 5.69 Å². The van der Waals surface area contributed by atoms with Crippen LogP contribution in [-0.2, 0) is 4.74 Å². The summed E-state index contributed by atoms with van der Waals surface area (Å²) in [7, 11) is 0. The Morgan fingerprint density at radius 3 is 3.17 bits per heavy atom. The van der Waals surface area contributed by atoms with Crippen LogP contribution in [0.4, 0.5) is 5.00 Å². The number of nitrogens with two attached hydrogens (primary N) is 1. The maximum Gasteiger partial charge on any atom is 0.362 e. The van der Waals surface area contributed by atoms with E-state index in [1.165, 1.54) is 0 Å². The van der Waals surface area contributed by atoms with Gasteiger partial charge in [0.05, 0.1) is 6.61 Å². The van der Waals surface area contributed by atoms with Crippen LogP contribution in [0.2, 0.25) is 0 Å². The number of carbonyl (C=O) groups is 1. The van der Waals surface area contributed by atoms with E-state index in [4.69, 9.17) is 10.6 Å². The van der Waals surface area contributed by atoms with Crippen molar-refractivity contribution in [3.63, 3.8) is 0 Å². The molecule has 3 N–H and O–H groups in total. The Morgan fingerprint density at radius 1 is 1.83 bits per heavy atom. The van der Waals surface area contributed by atoms with Gasteiger partial charge in [-0.25, -0.2) is 10.6 Å². The Morgan fingerprint density at radius 2 is 2.58 bits per heavy atom. The minimum absolute atomic E-state index is 0.129. The Hall–Kier alpha value is -1.21. The normalized spacial score (nSPS) is 9.50. The van der Waals surface area contributed by atoms with Crippen molar-refractivity contribution in [3.8, 4) is 0 Å². The van der Waals surface area contributed by atoms with Crippen molar-refractivity contribution in [1.29, 1.82) is 0 Å². The van der Waals surface area contributed by atoms with Crippen LogP contribution >= 0.6 is 11.5 Å². The van der Waals surface area contributed by atoms with Crippen LogP contribution in [0, 0.1) is 0 Å². The van der Waals surface area contributed by atoms with Gasteiger partial charge in [0, 0.05) is 11.5 Å². The molecular formula is C5H8N4O2S. The summed E-state index contributed by atoms with van der Waals surface area (Å²) in [5.41, 5.74) is 2.44. The number of rotatable bonds is 3. The summed E-state index contributed by atoms with van der Waals surface area (Å²) in [4.78, 5) is 11.1. The van der Waals surface area contributed by atoms with E-state index >= 15 is 0 Å². The summed E-state index contributed by atoms with van der Waals surface area (Å²) in [6, 6.07) is 0. The van der Waals surface area contributed by atoms with Gasteiger partial charge in [-0.15, -0.1) is 5.10 Å². The van der Waals surface area contributed by atoms with Gasteiger partial charge in [-0.1, -0.05) is 4.49 Å². The average molecular weight is 188 g/mol. The number of hydrogen-bond donors (Lipinski definition) is 2. The molecule has 0 aliphatic rings. The van der Waals surface area contributed by atoms with Crippen molar-refractivity contribution in [2.24, 2.45) is 5.84 Å². The number of hydrogen-bond acceptors (Lipinski definition) is 7. The summed E-state index contributed by atoms with van der Waals surface area (Å²) in [6.45, 7) is 2.02. The molecule has 0 radical (unpaired) electrons. The van der Waals surface area contributed by atoms with Crippen molar-refractivity contribution < 1.29 is 9.53 Å². The van der Waals surface area contributed by atoms with E-state index in [9.17, 15) is 4.79 Å². The summed E-state index contributed by atoms with van der Waals surface area (Å²) < 4.78 is 8.24. The lowest BCUT2D eigenvalue weighted by Gasteiger charge is -1.98. The molecule has 0 bridgehead atoms. The lowest BCUT2D eigenvalue weighted by molar-refractivity contribution is 0.0520. The number of ether oxygens (including phenoxy) is 1. The molecule has 6 nitrogen and oxygen atoms in total. The van der Waals surface area contributed by atoms with Gasteiger partial charge in [0.2, 0.25) is 5.69 Å².